The van der Waals surface area contributed by atoms with E-state index in [-0.39, 0.29) is 11.6 Å². The summed E-state index contributed by atoms with van der Waals surface area (Å²) >= 11 is 7.38. The van der Waals surface area contributed by atoms with Gasteiger partial charge < -0.3 is 10.1 Å². The molecule has 1 aromatic heterocycles. The standard InChI is InChI=1S/C19H17ClN2O3S/c1-11-2-5-16-13(6-11)7-17(26-16)19(24)25-10-18(23)22-14-4-3-12(9-21)15(20)8-14/h3-4,7-8,11H,2,5-6,10H2,1H3,(H,22,23)/t11-/m1/s1. The van der Waals surface area contributed by atoms with Crippen LogP contribution in [-0.2, 0) is 22.4 Å². The molecule has 26 heavy (non-hydrogen) atoms. The Labute approximate surface area is 160 Å². The molecule has 0 spiro atoms. The molecule has 0 unspecified atom stereocenters. The van der Waals surface area contributed by atoms with Crippen LogP contribution in [0.5, 0.6) is 0 Å². The predicted molar refractivity (Wildman–Crippen MR) is 101 cm³/mol. The maximum Gasteiger partial charge on any atom is 0.348 e. The maximum atomic E-state index is 12.2. The summed E-state index contributed by atoms with van der Waals surface area (Å²) in [6, 6.07) is 8.39. The number of aryl methyl sites for hydroxylation is 1. The van der Waals surface area contributed by atoms with Gasteiger partial charge in [0.05, 0.1) is 10.6 Å². The third-order valence-corrected chi connectivity index (χ3v) is 5.77. The lowest BCUT2D eigenvalue weighted by Gasteiger charge is -2.16. The number of carbonyl (C=O) groups is 2. The largest absolute Gasteiger partial charge is 0.451 e. The highest BCUT2D eigenvalue weighted by atomic mass is 35.5. The topological polar surface area (TPSA) is 79.2 Å². The zero-order valence-corrected chi connectivity index (χ0v) is 15.7. The Morgan fingerprint density at radius 1 is 1.42 bits per heavy atom. The zero-order valence-electron chi connectivity index (χ0n) is 14.2. The second-order valence-corrected chi connectivity index (χ2v) is 7.88. The first-order valence-corrected chi connectivity index (χ1v) is 9.44. The first-order chi connectivity index (χ1) is 12.5. The van der Waals surface area contributed by atoms with Crippen molar-refractivity contribution >= 4 is 40.5 Å². The van der Waals surface area contributed by atoms with E-state index in [1.54, 1.807) is 6.07 Å². The number of benzene rings is 1. The molecule has 7 heteroatoms. The molecule has 1 amide bonds. The van der Waals surface area contributed by atoms with Gasteiger partial charge in [-0.25, -0.2) is 4.79 Å². The summed E-state index contributed by atoms with van der Waals surface area (Å²) in [5.41, 5.74) is 1.99. The molecule has 0 saturated heterocycles. The van der Waals surface area contributed by atoms with Crippen LogP contribution in [0.3, 0.4) is 0 Å². The molecule has 1 atom stereocenters. The molecule has 134 valence electrons. The van der Waals surface area contributed by atoms with Crippen molar-refractivity contribution in [2.75, 3.05) is 11.9 Å². The summed E-state index contributed by atoms with van der Waals surface area (Å²) < 4.78 is 5.12. The third kappa shape index (κ3) is 4.24. The van der Waals surface area contributed by atoms with E-state index >= 15 is 0 Å². The van der Waals surface area contributed by atoms with Crippen LogP contribution in [0.15, 0.2) is 24.3 Å². The van der Waals surface area contributed by atoms with Crippen molar-refractivity contribution in [3.63, 3.8) is 0 Å². The zero-order chi connectivity index (χ0) is 18.7. The van der Waals surface area contributed by atoms with Crippen molar-refractivity contribution in [2.45, 2.75) is 26.2 Å². The number of hydrogen-bond donors (Lipinski definition) is 1. The van der Waals surface area contributed by atoms with Gasteiger partial charge in [-0.2, -0.15) is 5.26 Å². The second-order valence-electron chi connectivity index (χ2n) is 6.34. The van der Waals surface area contributed by atoms with E-state index < -0.39 is 11.9 Å². The van der Waals surface area contributed by atoms with E-state index in [2.05, 4.69) is 12.2 Å². The highest BCUT2D eigenvalue weighted by molar-refractivity contribution is 7.14. The number of hydrogen-bond acceptors (Lipinski definition) is 5. The number of nitriles is 1. The number of carbonyl (C=O) groups excluding carboxylic acids is 2. The van der Waals surface area contributed by atoms with Crippen LogP contribution in [-0.4, -0.2) is 18.5 Å². The van der Waals surface area contributed by atoms with Crippen molar-refractivity contribution in [1.29, 1.82) is 5.26 Å². The smallest absolute Gasteiger partial charge is 0.348 e. The van der Waals surface area contributed by atoms with Gasteiger partial charge in [-0.05, 0) is 55.0 Å². The molecule has 0 bridgehead atoms. The van der Waals surface area contributed by atoms with Crippen LogP contribution in [0.1, 0.15) is 39.0 Å². The van der Waals surface area contributed by atoms with E-state index in [0.717, 1.165) is 19.3 Å². The minimum Gasteiger partial charge on any atom is -0.451 e. The van der Waals surface area contributed by atoms with Crippen LogP contribution in [0.25, 0.3) is 0 Å². The lowest BCUT2D eigenvalue weighted by atomic mass is 9.90. The quantitative estimate of drug-likeness (QED) is 0.796. The fourth-order valence-corrected chi connectivity index (χ4v) is 4.21. The molecular formula is C19H17ClN2O3S. The van der Waals surface area contributed by atoms with Crippen molar-refractivity contribution in [3.8, 4) is 6.07 Å². The van der Waals surface area contributed by atoms with Crippen molar-refractivity contribution in [2.24, 2.45) is 5.92 Å². The molecule has 1 heterocycles. The predicted octanol–water partition coefficient (Wildman–Crippen LogP) is 4.19. The Bertz CT molecular complexity index is 901. The number of anilines is 1. The van der Waals surface area contributed by atoms with E-state index in [4.69, 9.17) is 21.6 Å². The van der Waals surface area contributed by atoms with Crippen LogP contribution in [0.4, 0.5) is 5.69 Å². The minimum absolute atomic E-state index is 0.251. The van der Waals surface area contributed by atoms with E-state index in [1.165, 1.54) is 33.9 Å². The number of nitrogens with zero attached hydrogens (tertiary/aromatic N) is 1. The Kier molecular flexibility index (Phi) is 5.60. The molecular weight excluding hydrogens is 372 g/mol. The van der Waals surface area contributed by atoms with Gasteiger partial charge in [0.2, 0.25) is 0 Å². The summed E-state index contributed by atoms with van der Waals surface area (Å²) in [4.78, 5) is 25.9. The fraction of sp³-hybridized carbons (Fsp3) is 0.316. The van der Waals surface area contributed by atoms with Gasteiger partial charge in [-0.15, -0.1) is 11.3 Å². The highest BCUT2D eigenvalue weighted by Gasteiger charge is 2.21. The van der Waals surface area contributed by atoms with Crippen LogP contribution in [0.2, 0.25) is 5.02 Å². The molecule has 0 radical (unpaired) electrons. The summed E-state index contributed by atoms with van der Waals surface area (Å²) in [6.45, 7) is 1.83. The van der Waals surface area contributed by atoms with E-state index in [1.807, 2.05) is 12.1 Å². The molecule has 2 aromatic rings. The number of rotatable bonds is 4. The number of nitrogens with one attached hydrogen (secondary N) is 1. The maximum absolute atomic E-state index is 12.2. The van der Waals surface area contributed by atoms with Crippen LogP contribution < -0.4 is 5.32 Å². The molecule has 1 aromatic carbocycles. The number of ether oxygens (including phenoxy) is 1. The Hall–Kier alpha value is -2.36. The normalized spacial score (nSPS) is 15.7. The fourth-order valence-electron chi connectivity index (χ4n) is 2.89. The molecule has 5 nitrogen and oxygen atoms in total. The number of halogens is 1. The highest BCUT2D eigenvalue weighted by Crippen LogP contribution is 2.32. The van der Waals surface area contributed by atoms with Gasteiger partial charge in [0.1, 0.15) is 10.9 Å². The molecule has 0 fully saturated rings. The average molecular weight is 389 g/mol. The van der Waals surface area contributed by atoms with Gasteiger partial charge >= 0.3 is 5.97 Å². The monoisotopic (exact) mass is 388 g/mol. The lowest BCUT2D eigenvalue weighted by molar-refractivity contribution is -0.119. The first-order valence-electron chi connectivity index (χ1n) is 8.24. The molecule has 1 N–H and O–H groups in total. The SMILES string of the molecule is C[C@@H]1CCc2sc(C(=O)OCC(=O)Nc3ccc(C#N)c(Cl)c3)cc2C1. The van der Waals surface area contributed by atoms with E-state index in [0.29, 0.717) is 22.0 Å². The van der Waals surface area contributed by atoms with Gasteiger partial charge in [-0.3, -0.25) is 4.79 Å². The number of thiophene rings is 1. The molecule has 3 rings (SSSR count). The van der Waals surface area contributed by atoms with Crippen molar-refractivity contribution in [3.05, 3.63) is 50.2 Å². The van der Waals surface area contributed by atoms with Gasteiger partial charge in [0, 0.05) is 10.6 Å². The molecule has 1 aliphatic carbocycles. The number of amides is 1. The second kappa shape index (κ2) is 7.90. The van der Waals surface area contributed by atoms with Crippen molar-refractivity contribution < 1.29 is 14.3 Å². The number of esters is 1. The van der Waals surface area contributed by atoms with Crippen LogP contribution >= 0.6 is 22.9 Å². The minimum atomic E-state index is -0.481. The average Bonchev–Trinajstić information content (AvgIpc) is 3.03. The molecule has 1 aliphatic rings. The summed E-state index contributed by atoms with van der Waals surface area (Å²) in [6.07, 6.45) is 3.12. The Morgan fingerprint density at radius 2 is 2.23 bits per heavy atom. The lowest BCUT2D eigenvalue weighted by Crippen LogP contribution is -2.20. The summed E-state index contributed by atoms with van der Waals surface area (Å²) in [7, 11) is 0. The summed E-state index contributed by atoms with van der Waals surface area (Å²) in [5, 5.41) is 11.7. The van der Waals surface area contributed by atoms with E-state index in [9.17, 15) is 9.59 Å². The molecule has 0 aliphatic heterocycles. The third-order valence-electron chi connectivity index (χ3n) is 4.24. The number of fused-ring (bicyclic) bond motifs is 1. The first kappa shape index (κ1) is 18.4. The van der Waals surface area contributed by atoms with Gasteiger partial charge in [-0.1, -0.05) is 18.5 Å². The van der Waals surface area contributed by atoms with Crippen molar-refractivity contribution in [1.82, 2.24) is 0 Å². The summed E-state index contributed by atoms with van der Waals surface area (Å²) in [5.74, 6) is -0.315. The molecule has 0 saturated carbocycles. The van der Waals surface area contributed by atoms with Gasteiger partial charge in [0.15, 0.2) is 6.61 Å². The Morgan fingerprint density at radius 3 is 2.96 bits per heavy atom. The van der Waals surface area contributed by atoms with Gasteiger partial charge in [0.25, 0.3) is 5.91 Å². The van der Waals surface area contributed by atoms with Crippen LogP contribution in [0, 0.1) is 17.2 Å². The Balaban J connectivity index is 1.55.